The lowest BCUT2D eigenvalue weighted by molar-refractivity contribution is -0.150. The van der Waals surface area contributed by atoms with Gasteiger partial charge in [0.15, 0.2) is 12.1 Å². The smallest absolute Gasteiger partial charge is 0.332 e. The van der Waals surface area contributed by atoms with Crippen molar-refractivity contribution in [1.82, 2.24) is 20.2 Å². The number of methoxy groups -OCH3 is 1. The molecule has 0 N–H and O–H groups in total. The number of ether oxygens (including phenoxy) is 2. The van der Waals surface area contributed by atoms with Gasteiger partial charge in [0.25, 0.3) is 0 Å². The van der Waals surface area contributed by atoms with Crippen molar-refractivity contribution >= 4 is 11.8 Å². The number of hydrogen-bond acceptors (Lipinski definition) is 7. The van der Waals surface area contributed by atoms with Gasteiger partial charge in [-0.15, -0.1) is 5.10 Å². The lowest BCUT2D eigenvalue weighted by Crippen LogP contribution is -2.31. The van der Waals surface area contributed by atoms with Gasteiger partial charge < -0.3 is 9.47 Å². The van der Waals surface area contributed by atoms with Crippen LogP contribution >= 0.6 is 0 Å². The third kappa shape index (κ3) is 4.59. The van der Waals surface area contributed by atoms with Crippen molar-refractivity contribution < 1.29 is 19.1 Å². The second-order valence-corrected chi connectivity index (χ2v) is 6.17. The van der Waals surface area contributed by atoms with Crippen LogP contribution in [0.2, 0.25) is 0 Å². The molecule has 0 amide bonds. The molecule has 0 spiro atoms. The van der Waals surface area contributed by atoms with E-state index in [1.165, 1.54) is 11.0 Å². The zero-order chi connectivity index (χ0) is 19.9. The summed E-state index contributed by atoms with van der Waals surface area (Å²) in [5.74, 6) is -0.237. The van der Waals surface area contributed by atoms with Gasteiger partial charge in [0.05, 0.1) is 7.11 Å². The summed E-state index contributed by atoms with van der Waals surface area (Å²) in [4.78, 5) is 25.4. The van der Waals surface area contributed by atoms with Crippen molar-refractivity contribution in [2.75, 3.05) is 7.11 Å². The summed E-state index contributed by atoms with van der Waals surface area (Å²) in [6.07, 6.45) is 0.745. The molecule has 3 aromatic rings. The van der Waals surface area contributed by atoms with Crippen molar-refractivity contribution in [3.63, 3.8) is 0 Å². The quantitative estimate of drug-likeness (QED) is 0.437. The maximum Gasteiger partial charge on any atom is 0.332 e. The third-order valence-corrected chi connectivity index (χ3v) is 4.26. The highest BCUT2D eigenvalue weighted by molar-refractivity contribution is 6.00. The van der Waals surface area contributed by atoms with Gasteiger partial charge in [-0.1, -0.05) is 30.3 Å². The number of tetrazole rings is 1. The highest BCUT2D eigenvalue weighted by atomic mass is 16.5. The second kappa shape index (κ2) is 8.90. The molecule has 0 saturated carbocycles. The SMILES string of the molecule is COc1ccc(C(=O)[C@H](C)OC(=O)[C@H](Cc2ccccc2)n2cnnn2)cc1. The van der Waals surface area contributed by atoms with Crippen LogP contribution in [0.5, 0.6) is 5.75 Å². The summed E-state index contributed by atoms with van der Waals surface area (Å²) in [5, 5.41) is 11.0. The topological polar surface area (TPSA) is 96.2 Å². The van der Waals surface area contributed by atoms with Crippen LogP contribution in [0.4, 0.5) is 0 Å². The van der Waals surface area contributed by atoms with E-state index in [2.05, 4.69) is 15.5 Å². The molecule has 8 heteroatoms. The third-order valence-electron chi connectivity index (χ3n) is 4.26. The summed E-state index contributed by atoms with van der Waals surface area (Å²) in [5.41, 5.74) is 1.36. The van der Waals surface area contributed by atoms with Crippen molar-refractivity contribution in [2.45, 2.75) is 25.5 Å². The number of nitrogens with zero attached hydrogens (tertiary/aromatic N) is 4. The number of Topliss-reactive ketones (excluding diaryl/α,β-unsaturated/α-hetero) is 1. The summed E-state index contributed by atoms with van der Waals surface area (Å²) in [6.45, 7) is 1.55. The van der Waals surface area contributed by atoms with Crippen LogP contribution in [0, 0.1) is 0 Å². The van der Waals surface area contributed by atoms with Gasteiger partial charge in [0, 0.05) is 12.0 Å². The van der Waals surface area contributed by atoms with Crippen LogP contribution in [-0.2, 0) is 16.0 Å². The molecule has 8 nitrogen and oxygen atoms in total. The van der Waals surface area contributed by atoms with Gasteiger partial charge in [-0.25, -0.2) is 9.48 Å². The normalized spacial score (nSPS) is 12.8. The Hall–Kier alpha value is -3.55. The van der Waals surface area contributed by atoms with Crippen LogP contribution in [0.3, 0.4) is 0 Å². The average Bonchev–Trinajstić information content (AvgIpc) is 3.26. The molecule has 28 heavy (non-hydrogen) atoms. The number of carbonyl (C=O) groups is 2. The monoisotopic (exact) mass is 380 g/mol. The first-order valence-electron chi connectivity index (χ1n) is 8.73. The molecular weight excluding hydrogens is 360 g/mol. The van der Waals surface area contributed by atoms with E-state index in [4.69, 9.17) is 9.47 Å². The van der Waals surface area contributed by atoms with E-state index in [1.54, 1.807) is 38.3 Å². The van der Waals surface area contributed by atoms with E-state index < -0.39 is 18.1 Å². The molecule has 0 saturated heterocycles. The Kier molecular flexibility index (Phi) is 6.11. The zero-order valence-corrected chi connectivity index (χ0v) is 15.6. The van der Waals surface area contributed by atoms with E-state index in [0.29, 0.717) is 17.7 Å². The van der Waals surface area contributed by atoms with Crippen molar-refractivity contribution in [3.8, 4) is 5.75 Å². The predicted molar refractivity (Wildman–Crippen MR) is 99.9 cm³/mol. The minimum Gasteiger partial charge on any atom is -0.497 e. The van der Waals surface area contributed by atoms with E-state index in [0.717, 1.165) is 5.56 Å². The number of benzene rings is 2. The van der Waals surface area contributed by atoms with Crippen molar-refractivity contribution in [3.05, 3.63) is 72.1 Å². The molecular formula is C20H20N4O4. The van der Waals surface area contributed by atoms with Crippen molar-refractivity contribution in [2.24, 2.45) is 0 Å². The number of ketones is 1. The molecule has 144 valence electrons. The van der Waals surface area contributed by atoms with E-state index >= 15 is 0 Å². The lowest BCUT2D eigenvalue weighted by atomic mass is 10.1. The number of aromatic nitrogens is 4. The molecule has 2 atom stereocenters. The Bertz CT molecular complexity index is 911. The summed E-state index contributed by atoms with van der Waals surface area (Å²) < 4.78 is 11.9. The first-order valence-corrected chi connectivity index (χ1v) is 8.73. The molecule has 2 aromatic carbocycles. The lowest BCUT2D eigenvalue weighted by Gasteiger charge is -2.19. The van der Waals surface area contributed by atoms with Crippen LogP contribution < -0.4 is 4.74 Å². The van der Waals surface area contributed by atoms with E-state index in [9.17, 15) is 9.59 Å². The average molecular weight is 380 g/mol. The first kappa shape index (κ1) is 19.2. The Morgan fingerprint density at radius 1 is 1.07 bits per heavy atom. The molecule has 3 rings (SSSR count). The van der Waals surface area contributed by atoms with Crippen LogP contribution in [0.15, 0.2) is 60.9 Å². The molecule has 0 unspecified atom stereocenters. The minimum absolute atomic E-state index is 0.300. The fourth-order valence-electron chi connectivity index (χ4n) is 2.73. The van der Waals surface area contributed by atoms with E-state index in [1.807, 2.05) is 30.3 Å². The van der Waals surface area contributed by atoms with Crippen LogP contribution in [-0.4, -0.2) is 45.2 Å². The predicted octanol–water partition coefficient (Wildman–Crippen LogP) is 2.28. The second-order valence-electron chi connectivity index (χ2n) is 6.17. The molecule has 1 aromatic heterocycles. The maximum absolute atomic E-state index is 12.8. The fraction of sp³-hybridized carbons (Fsp3) is 0.250. The molecule has 0 aliphatic carbocycles. The largest absolute Gasteiger partial charge is 0.497 e. The van der Waals surface area contributed by atoms with E-state index in [-0.39, 0.29) is 5.78 Å². The number of rotatable bonds is 8. The zero-order valence-electron chi connectivity index (χ0n) is 15.6. The van der Waals surface area contributed by atoms with Gasteiger partial charge in [0.2, 0.25) is 5.78 Å². The molecule has 1 heterocycles. The summed E-state index contributed by atoms with van der Waals surface area (Å²) in [7, 11) is 1.55. The first-order chi connectivity index (χ1) is 13.6. The van der Waals surface area contributed by atoms with Gasteiger partial charge in [-0.05, 0) is 47.2 Å². The Morgan fingerprint density at radius 3 is 2.39 bits per heavy atom. The van der Waals surface area contributed by atoms with Gasteiger partial charge in [-0.3, -0.25) is 4.79 Å². The highest BCUT2D eigenvalue weighted by Gasteiger charge is 2.28. The minimum atomic E-state index is -0.948. The fourth-order valence-corrected chi connectivity index (χ4v) is 2.73. The van der Waals surface area contributed by atoms with Crippen molar-refractivity contribution in [1.29, 1.82) is 0 Å². The van der Waals surface area contributed by atoms with Gasteiger partial charge >= 0.3 is 5.97 Å². The van der Waals surface area contributed by atoms with Gasteiger partial charge in [0.1, 0.15) is 12.1 Å². The van der Waals surface area contributed by atoms with Gasteiger partial charge in [-0.2, -0.15) is 0 Å². The molecule has 0 aliphatic rings. The van der Waals surface area contributed by atoms with Crippen LogP contribution in [0.1, 0.15) is 28.9 Å². The number of hydrogen-bond donors (Lipinski definition) is 0. The highest BCUT2D eigenvalue weighted by Crippen LogP contribution is 2.18. The number of esters is 1. The Balaban J connectivity index is 1.72. The molecule has 0 fully saturated rings. The summed E-state index contributed by atoms with van der Waals surface area (Å²) in [6, 6.07) is 15.3. The number of carbonyl (C=O) groups excluding carboxylic acids is 2. The Morgan fingerprint density at radius 2 is 1.79 bits per heavy atom. The molecule has 0 aliphatic heterocycles. The molecule has 0 bridgehead atoms. The van der Waals surface area contributed by atoms with Crippen LogP contribution in [0.25, 0.3) is 0 Å². The molecule has 0 radical (unpaired) electrons. The maximum atomic E-state index is 12.8. The standard InChI is InChI=1S/C20H20N4O4/c1-14(19(25)16-8-10-17(27-2)11-9-16)28-20(26)18(24-13-21-22-23-24)12-15-6-4-3-5-7-15/h3-11,13-14,18H,12H2,1-2H3/t14-,18-/m0/s1. The summed E-state index contributed by atoms with van der Waals surface area (Å²) >= 11 is 0. The Labute approximate surface area is 162 Å².